The van der Waals surface area contributed by atoms with E-state index in [2.05, 4.69) is 6.58 Å². The summed E-state index contributed by atoms with van der Waals surface area (Å²) in [5.74, 6) is -0.997. The zero-order valence-corrected chi connectivity index (χ0v) is 17.4. The molecule has 1 aliphatic rings. The van der Waals surface area contributed by atoms with Gasteiger partial charge in [-0.15, -0.1) is 0 Å². The Morgan fingerprint density at radius 1 is 1.19 bits per heavy atom. The predicted octanol–water partition coefficient (Wildman–Crippen LogP) is 3.88. The van der Waals surface area contributed by atoms with Gasteiger partial charge in [-0.2, -0.15) is 0 Å². The van der Waals surface area contributed by atoms with Gasteiger partial charge in [0, 0.05) is 13.7 Å². The molecule has 0 saturated heterocycles. The van der Waals surface area contributed by atoms with Crippen molar-refractivity contribution in [2.75, 3.05) is 26.9 Å². The van der Waals surface area contributed by atoms with Gasteiger partial charge in [0.05, 0.1) is 18.2 Å². The lowest BCUT2D eigenvalue weighted by Gasteiger charge is -2.26. The van der Waals surface area contributed by atoms with Gasteiger partial charge in [-0.05, 0) is 29.3 Å². The summed E-state index contributed by atoms with van der Waals surface area (Å²) < 4.78 is 10.7. The van der Waals surface area contributed by atoms with E-state index >= 15 is 0 Å². The molecule has 6 heteroatoms. The molecular weight excluding hydrogens is 394 g/mol. The van der Waals surface area contributed by atoms with Crippen LogP contribution in [-0.4, -0.2) is 48.6 Å². The number of aliphatic hydroxyl groups is 1. The summed E-state index contributed by atoms with van der Waals surface area (Å²) in [5, 5.41) is 10.6. The van der Waals surface area contributed by atoms with Crippen LogP contribution in [0.25, 0.3) is 6.08 Å². The molecule has 0 saturated carbocycles. The molecule has 160 valence electrons. The molecule has 0 aromatic heterocycles. The first kappa shape index (κ1) is 22.1. The minimum atomic E-state index is -0.747. The van der Waals surface area contributed by atoms with Crippen LogP contribution in [0, 0.1) is 0 Å². The number of hydrogen-bond donors (Lipinski definition) is 1. The molecular formula is C25H25NO5. The Morgan fingerprint density at radius 2 is 1.97 bits per heavy atom. The van der Waals surface area contributed by atoms with Gasteiger partial charge >= 0.3 is 0 Å². The van der Waals surface area contributed by atoms with E-state index in [0.29, 0.717) is 17.9 Å². The van der Waals surface area contributed by atoms with Crippen molar-refractivity contribution in [3.8, 4) is 5.75 Å². The van der Waals surface area contributed by atoms with Crippen LogP contribution in [-0.2, 0) is 14.3 Å². The molecule has 0 spiro atoms. The zero-order valence-electron chi connectivity index (χ0n) is 17.4. The summed E-state index contributed by atoms with van der Waals surface area (Å²) in [4.78, 5) is 27.3. The van der Waals surface area contributed by atoms with E-state index in [1.54, 1.807) is 36.4 Å². The number of carbonyl (C=O) groups excluding carboxylic acids is 2. The quantitative estimate of drug-likeness (QED) is 0.467. The Kier molecular flexibility index (Phi) is 7.40. The zero-order chi connectivity index (χ0) is 22.2. The van der Waals surface area contributed by atoms with E-state index in [1.165, 1.54) is 18.1 Å². The largest absolute Gasteiger partial charge is 0.503 e. The molecule has 0 fully saturated rings. The molecule has 0 aliphatic carbocycles. The molecule has 1 aliphatic heterocycles. The van der Waals surface area contributed by atoms with Gasteiger partial charge in [-0.25, -0.2) is 0 Å². The van der Waals surface area contributed by atoms with Gasteiger partial charge in [0.2, 0.25) is 0 Å². The van der Waals surface area contributed by atoms with Crippen LogP contribution in [0.3, 0.4) is 0 Å². The number of allylic oxidation sites excluding steroid dienone is 1. The third-order valence-electron chi connectivity index (χ3n) is 4.87. The second-order valence-electron chi connectivity index (χ2n) is 6.94. The predicted molar refractivity (Wildman–Crippen MR) is 119 cm³/mol. The van der Waals surface area contributed by atoms with E-state index in [4.69, 9.17) is 9.47 Å². The number of methoxy groups -OCH3 is 1. The molecule has 1 N–H and O–H groups in total. The first-order valence-corrected chi connectivity index (χ1v) is 9.91. The maximum Gasteiger partial charge on any atom is 0.290 e. The third-order valence-corrected chi connectivity index (χ3v) is 4.87. The number of amides is 1. The van der Waals surface area contributed by atoms with Crippen LogP contribution in [0.2, 0.25) is 0 Å². The first-order valence-electron chi connectivity index (χ1n) is 9.91. The maximum atomic E-state index is 13.1. The molecule has 31 heavy (non-hydrogen) atoms. The number of ether oxygens (including phenoxy) is 2. The number of benzene rings is 2. The third kappa shape index (κ3) is 5.10. The number of rotatable bonds is 10. The minimum absolute atomic E-state index is 0.0363. The Morgan fingerprint density at radius 3 is 2.68 bits per heavy atom. The topological polar surface area (TPSA) is 76.1 Å². The highest BCUT2D eigenvalue weighted by Crippen LogP contribution is 2.38. The minimum Gasteiger partial charge on any atom is -0.503 e. The summed E-state index contributed by atoms with van der Waals surface area (Å²) in [5.41, 5.74) is 1.54. The normalized spacial score (nSPS) is 16.2. The highest BCUT2D eigenvalue weighted by atomic mass is 16.5. The van der Waals surface area contributed by atoms with Crippen molar-refractivity contribution in [2.45, 2.75) is 6.04 Å². The monoisotopic (exact) mass is 419 g/mol. The highest BCUT2D eigenvalue weighted by Gasteiger charge is 2.42. The van der Waals surface area contributed by atoms with Crippen molar-refractivity contribution in [2.24, 2.45) is 0 Å². The summed E-state index contributed by atoms with van der Waals surface area (Å²) in [6.07, 6.45) is 4.66. The van der Waals surface area contributed by atoms with Crippen LogP contribution >= 0.6 is 0 Å². The second-order valence-corrected chi connectivity index (χ2v) is 6.94. The van der Waals surface area contributed by atoms with Gasteiger partial charge in [-0.3, -0.25) is 9.59 Å². The molecule has 1 atom stereocenters. The van der Waals surface area contributed by atoms with E-state index in [0.717, 1.165) is 5.56 Å². The lowest BCUT2D eigenvalue weighted by atomic mass is 9.95. The number of ketones is 1. The van der Waals surface area contributed by atoms with Crippen LogP contribution in [0.5, 0.6) is 5.75 Å². The van der Waals surface area contributed by atoms with Crippen molar-refractivity contribution in [1.82, 2.24) is 4.90 Å². The fourth-order valence-electron chi connectivity index (χ4n) is 3.43. The Balaban J connectivity index is 1.98. The Hall–Kier alpha value is -3.64. The van der Waals surface area contributed by atoms with Gasteiger partial charge in [0.25, 0.3) is 5.91 Å². The first-order chi connectivity index (χ1) is 15.1. The summed E-state index contributed by atoms with van der Waals surface area (Å²) in [6.45, 7) is 4.45. The van der Waals surface area contributed by atoms with Crippen LogP contribution in [0.1, 0.15) is 17.2 Å². The number of nitrogens with zero attached hydrogens (tertiary/aromatic N) is 1. The molecule has 1 unspecified atom stereocenters. The van der Waals surface area contributed by atoms with Crippen LogP contribution in [0.15, 0.2) is 84.7 Å². The van der Waals surface area contributed by atoms with Crippen molar-refractivity contribution >= 4 is 17.8 Å². The molecule has 2 aromatic rings. The smallest absolute Gasteiger partial charge is 0.290 e. The van der Waals surface area contributed by atoms with Crippen molar-refractivity contribution < 1.29 is 24.2 Å². The average Bonchev–Trinajstić information content (AvgIpc) is 3.05. The Labute approximate surface area is 181 Å². The van der Waals surface area contributed by atoms with E-state index in [-0.39, 0.29) is 18.7 Å². The second kappa shape index (κ2) is 10.4. The van der Waals surface area contributed by atoms with Gasteiger partial charge in [0.15, 0.2) is 11.5 Å². The van der Waals surface area contributed by atoms with E-state index in [1.807, 2.05) is 30.3 Å². The van der Waals surface area contributed by atoms with Gasteiger partial charge in [0.1, 0.15) is 12.4 Å². The lowest BCUT2D eigenvalue weighted by molar-refractivity contribution is -0.130. The van der Waals surface area contributed by atoms with Crippen LogP contribution in [0.4, 0.5) is 0 Å². The molecule has 1 amide bonds. The van der Waals surface area contributed by atoms with Crippen molar-refractivity contribution in [3.05, 3.63) is 95.8 Å². The average molecular weight is 419 g/mol. The summed E-state index contributed by atoms with van der Waals surface area (Å²) in [7, 11) is 1.53. The van der Waals surface area contributed by atoms with Gasteiger partial charge in [-0.1, -0.05) is 61.2 Å². The number of hydrogen-bond acceptors (Lipinski definition) is 5. The fraction of sp³-hybridized carbons (Fsp3) is 0.200. The van der Waals surface area contributed by atoms with Crippen molar-refractivity contribution in [3.63, 3.8) is 0 Å². The highest BCUT2D eigenvalue weighted by molar-refractivity contribution is 6.14. The Bertz CT molecular complexity index is 1010. The van der Waals surface area contributed by atoms with E-state index < -0.39 is 23.5 Å². The number of aliphatic hydroxyl groups excluding tert-OH is 1. The van der Waals surface area contributed by atoms with Crippen LogP contribution < -0.4 is 4.74 Å². The van der Waals surface area contributed by atoms with Crippen molar-refractivity contribution in [1.29, 1.82) is 0 Å². The van der Waals surface area contributed by atoms with Gasteiger partial charge < -0.3 is 19.5 Å². The number of carbonyl (C=O) groups is 2. The summed E-state index contributed by atoms with van der Waals surface area (Å²) >= 11 is 0. The molecule has 2 aromatic carbocycles. The molecule has 1 heterocycles. The molecule has 0 radical (unpaired) electrons. The van der Waals surface area contributed by atoms with E-state index in [9.17, 15) is 14.7 Å². The molecule has 6 nitrogen and oxygen atoms in total. The fourth-order valence-corrected chi connectivity index (χ4v) is 3.43. The SMILES string of the molecule is C=CCOc1cccc(C2C(C(=O)/C=C/c3ccccc3)=C(O)C(=O)N2CCOC)c1. The molecule has 0 bridgehead atoms. The maximum absolute atomic E-state index is 13.1. The lowest BCUT2D eigenvalue weighted by Crippen LogP contribution is -2.33. The molecule has 3 rings (SSSR count). The summed E-state index contributed by atoms with van der Waals surface area (Å²) in [6, 6.07) is 15.7. The standard InChI is InChI=1S/C25H25NO5/c1-3-15-31-20-11-7-10-19(17-20)23-22(24(28)25(29)26(23)14-16-30-2)21(27)13-12-18-8-5-4-6-9-18/h3-13,17,23,28H,1,14-16H2,2H3/b13-12+.